The second-order valence-electron chi connectivity index (χ2n) is 6.47. The van der Waals surface area contributed by atoms with E-state index in [9.17, 15) is 9.59 Å². The summed E-state index contributed by atoms with van der Waals surface area (Å²) >= 11 is 6.52. The molecular weight excluding hydrogens is 330 g/mol. The van der Waals surface area contributed by atoms with E-state index in [0.29, 0.717) is 10.00 Å². The van der Waals surface area contributed by atoms with E-state index in [1.54, 1.807) is 0 Å². The Morgan fingerprint density at radius 3 is 2.74 bits per heavy atom. The molecule has 2 N–H and O–H groups in total. The standard InChI is InChI=1S/C16H23N3O2S2/c1-10-13(23-16(22)17-10)9-14(20)18-12-7-8-19(15(12)21)11-5-3-2-4-6-11/h11-12H,2-9H2,1H3,(H,17,22)(H,18,20). The quantitative estimate of drug-likeness (QED) is 0.818. The molecule has 126 valence electrons. The summed E-state index contributed by atoms with van der Waals surface area (Å²) in [5.41, 5.74) is 0.941. The predicted octanol–water partition coefficient (Wildman–Crippen LogP) is 2.71. The summed E-state index contributed by atoms with van der Waals surface area (Å²) in [7, 11) is 0. The van der Waals surface area contributed by atoms with Gasteiger partial charge in [-0.05, 0) is 38.4 Å². The third-order valence-corrected chi connectivity index (χ3v) is 6.17. The molecule has 2 heterocycles. The number of thiazole rings is 1. The molecule has 1 aromatic rings. The molecule has 1 saturated carbocycles. The Bertz CT molecular complexity index is 646. The Hall–Kier alpha value is -1.21. The fourth-order valence-electron chi connectivity index (χ4n) is 3.59. The first-order valence-corrected chi connectivity index (χ1v) is 9.55. The first kappa shape index (κ1) is 16.6. The fraction of sp³-hybridized carbons (Fsp3) is 0.688. The summed E-state index contributed by atoms with van der Waals surface area (Å²) < 4.78 is 0.686. The number of aromatic nitrogens is 1. The van der Waals surface area contributed by atoms with Gasteiger partial charge in [0.15, 0.2) is 3.95 Å². The Balaban J connectivity index is 1.56. The summed E-state index contributed by atoms with van der Waals surface area (Å²) in [6.07, 6.45) is 6.93. The van der Waals surface area contributed by atoms with Gasteiger partial charge in [-0.2, -0.15) is 0 Å². The molecule has 1 aliphatic heterocycles. The zero-order chi connectivity index (χ0) is 16.4. The second kappa shape index (κ2) is 7.13. The second-order valence-corrected chi connectivity index (χ2v) is 8.24. The molecule has 23 heavy (non-hydrogen) atoms. The van der Waals surface area contributed by atoms with Crippen LogP contribution in [0.1, 0.15) is 49.1 Å². The van der Waals surface area contributed by atoms with Crippen LogP contribution in [0.3, 0.4) is 0 Å². The first-order valence-electron chi connectivity index (χ1n) is 8.33. The molecule has 0 aromatic carbocycles. The summed E-state index contributed by atoms with van der Waals surface area (Å²) in [6, 6.07) is 0.0340. The van der Waals surface area contributed by atoms with Gasteiger partial charge in [-0.15, -0.1) is 11.3 Å². The van der Waals surface area contributed by atoms with Crippen molar-refractivity contribution in [3.63, 3.8) is 0 Å². The highest BCUT2D eigenvalue weighted by Crippen LogP contribution is 2.26. The van der Waals surface area contributed by atoms with Crippen molar-refractivity contribution >= 4 is 35.4 Å². The molecule has 0 spiro atoms. The van der Waals surface area contributed by atoms with Gasteiger partial charge < -0.3 is 15.2 Å². The highest BCUT2D eigenvalue weighted by Gasteiger charge is 2.36. The summed E-state index contributed by atoms with van der Waals surface area (Å²) in [5, 5.41) is 2.91. The molecular formula is C16H23N3O2S2. The summed E-state index contributed by atoms with van der Waals surface area (Å²) in [5.74, 6) is 0.00543. The van der Waals surface area contributed by atoms with Crippen molar-refractivity contribution in [1.82, 2.24) is 15.2 Å². The maximum absolute atomic E-state index is 12.6. The molecule has 2 amide bonds. The topological polar surface area (TPSA) is 65.2 Å². The van der Waals surface area contributed by atoms with Crippen molar-refractivity contribution in [2.75, 3.05) is 6.54 Å². The Morgan fingerprint density at radius 2 is 2.09 bits per heavy atom. The van der Waals surface area contributed by atoms with Gasteiger partial charge in [-0.1, -0.05) is 19.3 Å². The van der Waals surface area contributed by atoms with Crippen LogP contribution in [0.4, 0.5) is 0 Å². The number of hydrogen-bond donors (Lipinski definition) is 2. The number of hydrogen-bond acceptors (Lipinski definition) is 4. The van der Waals surface area contributed by atoms with Crippen LogP contribution < -0.4 is 5.32 Å². The van der Waals surface area contributed by atoms with E-state index >= 15 is 0 Å². The average molecular weight is 354 g/mol. The van der Waals surface area contributed by atoms with Gasteiger partial charge in [-0.25, -0.2) is 0 Å². The minimum Gasteiger partial charge on any atom is -0.344 e. The van der Waals surface area contributed by atoms with Gasteiger partial charge in [0.2, 0.25) is 11.8 Å². The number of carbonyl (C=O) groups is 2. The molecule has 1 aromatic heterocycles. The number of aryl methyl sites for hydroxylation is 1. The number of nitrogens with zero attached hydrogens (tertiary/aromatic N) is 1. The molecule has 2 aliphatic rings. The molecule has 2 fully saturated rings. The van der Waals surface area contributed by atoms with Crippen molar-refractivity contribution < 1.29 is 9.59 Å². The van der Waals surface area contributed by atoms with Gasteiger partial charge in [0.1, 0.15) is 6.04 Å². The van der Waals surface area contributed by atoms with Gasteiger partial charge in [0.25, 0.3) is 0 Å². The number of aromatic amines is 1. The van der Waals surface area contributed by atoms with E-state index in [0.717, 1.165) is 36.4 Å². The molecule has 0 bridgehead atoms. The zero-order valence-electron chi connectivity index (χ0n) is 13.4. The van der Waals surface area contributed by atoms with Gasteiger partial charge in [0.05, 0.1) is 6.42 Å². The minimum atomic E-state index is -0.350. The van der Waals surface area contributed by atoms with Gasteiger partial charge in [-0.3, -0.25) is 9.59 Å². The SMILES string of the molecule is Cc1[nH]c(=S)sc1CC(=O)NC1CCN(C2CCCCC2)C1=O. The highest BCUT2D eigenvalue weighted by atomic mass is 32.1. The van der Waals surface area contributed by atoms with Gasteiger partial charge in [0, 0.05) is 23.2 Å². The zero-order valence-corrected chi connectivity index (χ0v) is 15.0. The fourth-order valence-corrected chi connectivity index (χ4v) is 4.88. The maximum atomic E-state index is 12.6. The summed E-state index contributed by atoms with van der Waals surface area (Å²) in [6.45, 7) is 2.69. The lowest BCUT2D eigenvalue weighted by Gasteiger charge is -2.31. The maximum Gasteiger partial charge on any atom is 0.245 e. The van der Waals surface area contributed by atoms with Crippen LogP contribution in [0, 0.1) is 10.9 Å². The van der Waals surface area contributed by atoms with Crippen LogP contribution in [0.15, 0.2) is 0 Å². The third kappa shape index (κ3) is 3.83. The predicted molar refractivity (Wildman–Crippen MR) is 93.1 cm³/mol. The number of H-pyrrole nitrogens is 1. The number of likely N-dealkylation sites (tertiary alicyclic amines) is 1. The molecule has 1 unspecified atom stereocenters. The van der Waals surface area contributed by atoms with Crippen molar-refractivity contribution in [2.24, 2.45) is 0 Å². The lowest BCUT2D eigenvalue weighted by molar-refractivity contribution is -0.134. The number of nitrogens with one attached hydrogen (secondary N) is 2. The highest BCUT2D eigenvalue weighted by molar-refractivity contribution is 7.73. The van der Waals surface area contributed by atoms with Crippen molar-refractivity contribution in [3.8, 4) is 0 Å². The largest absolute Gasteiger partial charge is 0.344 e. The van der Waals surface area contributed by atoms with E-state index in [-0.39, 0.29) is 24.3 Å². The van der Waals surface area contributed by atoms with Crippen LogP contribution >= 0.6 is 23.6 Å². The molecule has 5 nitrogen and oxygen atoms in total. The molecule has 7 heteroatoms. The average Bonchev–Trinajstić information content (AvgIpc) is 3.03. The van der Waals surface area contributed by atoms with E-state index in [2.05, 4.69) is 10.3 Å². The van der Waals surface area contributed by atoms with E-state index in [4.69, 9.17) is 12.2 Å². The molecule has 1 saturated heterocycles. The normalized spacial score (nSPS) is 22.6. The molecule has 1 atom stereocenters. The Morgan fingerprint density at radius 1 is 1.35 bits per heavy atom. The lowest BCUT2D eigenvalue weighted by atomic mass is 9.94. The van der Waals surface area contributed by atoms with Gasteiger partial charge >= 0.3 is 0 Å². The minimum absolute atomic E-state index is 0.0952. The third-order valence-electron chi connectivity index (χ3n) is 4.84. The van der Waals surface area contributed by atoms with Crippen LogP contribution in [0.2, 0.25) is 0 Å². The van der Waals surface area contributed by atoms with Crippen LogP contribution in [-0.4, -0.2) is 40.3 Å². The van der Waals surface area contributed by atoms with E-state index in [1.165, 1.54) is 30.6 Å². The first-order chi connectivity index (χ1) is 11.0. The monoisotopic (exact) mass is 353 g/mol. The van der Waals surface area contributed by atoms with Crippen LogP contribution in [0.25, 0.3) is 0 Å². The number of rotatable bonds is 4. The Labute approximate surface area is 145 Å². The number of amides is 2. The van der Waals surface area contributed by atoms with Crippen molar-refractivity contribution in [1.29, 1.82) is 0 Å². The van der Waals surface area contributed by atoms with Crippen LogP contribution in [-0.2, 0) is 16.0 Å². The van der Waals surface area contributed by atoms with E-state index in [1.807, 2.05) is 11.8 Å². The summed E-state index contributed by atoms with van der Waals surface area (Å²) in [4.78, 5) is 30.8. The lowest BCUT2D eigenvalue weighted by Crippen LogP contribution is -2.45. The molecule has 3 rings (SSSR count). The molecule has 1 aliphatic carbocycles. The van der Waals surface area contributed by atoms with Crippen molar-refractivity contribution in [2.45, 2.75) is 64.0 Å². The number of carbonyl (C=O) groups excluding carboxylic acids is 2. The van der Waals surface area contributed by atoms with E-state index < -0.39 is 0 Å². The van der Waals surface area contributed by atoms with Crippen molar-refractivity contribution in [3.05, 3.63) is 14.5 Å². The molecule has 0 radical (unpaired) electrons. The smallest absolute Gasteiger partial charge is 0.245 e. The Kier molecular flexibility index (Phi) is 5.16. The van der Waals surface area contributed by atoms with Crippen LogP contribution in [0.5, 0.6) is 0 Å².